The number of rotatable bonds is 5. The Morgan fingerprint density at radius 2 is 2.19 bits per heavy atom. The summed E-state index contributed by atoms with van der Waals surface area (Å²) in [6.45, 7) is 2.56. The Morgan fingerprint density at radius 3 is 2.90 bits per heavy atom. The van der Waals surface area contributed by atoms with Gasteiger partial charge in [0.25, 0.3) is 0 Å². The van der Waals surface area contributed by atoms with Crippen LogP contribution in [0.1, 0.15) is 19.3 Å². The third-order valence-corrected chi connectivity index (χ3v) is 6.10. The van der Waals surface area contributed by atoms with Crippen LogP contribution in [0, 0.1) is 11.3 Å². The molecule has 1 N–H and O–H groups in total. The van der Waals surface area contributed by atoms with Crippen molar-refractivity contribution in [3.63, 3.8) is 0 Å². The number of pyridine rings is 1. The maximum atomic E-state index is 11.5. The van der Waals surface area contributed by atoms with Gasteiger partial charge in [-0.3, -0.25) is 0 Å². The first-order valence-corrected chi connectivity index (χ1v) is 10.6. The van der Waals surface area contributed by atoms with Crippen molar-refractivity contribution in [3.8, 4) is 12.1 Å². The first-order chi connectivity index (χ1) is 15.0. The van der Waals surface area contributed by atoms with Crippen molar-refractivity contribution in [3.05, 3.63) is 17.3 Å². The standard InChI is InChI=1S/C20H24ClN7O3/c1-26-6-2-3-15(26)12-31-19-24-16-9-13(21)10-23-17(16)18(25-19)27-7-8-28(20(29)30)14(11-27)4-5-22/h9-10,14-15H,2-4,6-8,11-12H2,1H3,(H,29,30). The van der Waals surface area contributed by atoms with Gasteiger partial charge in [0.05, 0.1) is 29.1 Å². The number of piperazine rings is 1. The molecule has 2 aromatic rings. The number of ether oxygens (including phenoxy) is 1. The highest BCUT2D eigenvalue weighted by atomic mass is 35.5. The number of carbonyl (C=O) groups is 1. The number of fused-ring (bicyclic) bond motifs is 1. The van der Waals surface area contributed by atoms with Crippen LogP contribution in [0.2, 0.25) is 5.02 Å². The minimum atomic E-state index is -1.03. The van der Waals surface area contributed by atoms with E-state index in [1.165, 1.54) is 11.1 Å². The fourth-order valence-electron chi connectivity index (χ4n) is 4.18. The predicted octanol–water partition coefficient (Wildman–Crippen LogP) is 2.23. The first kappa shape index (κ1) is 21.3. The van der Waals surface area contributed by atoms with Gasteiger partial charge in [0.2, 0.25) is 0 Å². The minimum absolute atomic E-state index is 0.0996. The van der Waals surface area contributed by atoms with E-state index in [9.17, 15) is 9.90 Å². The van der Waals surface area contributed by atoms with Crippen LogP contribution in [0.25, 0.3) is 11.0 Å². The molecular formula is C20H24ClN7O3. The van der Waals surface area contributed by atoms with Crippen molar-refractivity contribution in [2.75, 3.05) is 44.7 Å². The van der Waals surface area contributed by atoms with Crippen molar-refractivity contribution in [2.24, 2.45) is 0 Å². The maximum absolute atomic E-state index is 11.5. The molecule has 0 spiro atoms. The van der Waals surface area contributed by atoms with Crippen molar-refractivity contribution < 1.29 is 14.6 Å². The van der Waals surface area contributed by atoms with Gasteiger partial charge in [0.15, 0.2) is 5.82 Å². The highest BCUT2D eigenvalue weighted by molar-refractivity contribution is 6.31. The molecule has 2 unspecified atom stereocenters. The molecule has 10 nitrogen and oxygen atoms in total. The first-order valence-electron chi connectivity index (χ1n) is 10.2. The number of aromatic nitrogens is 3. The summed E-state index contributed by atoms with van der Waals surface area (Å²) in [6.07, 6.45) is 2.81. The molecule has 2 fully saturated rings. The van der Waals surface area contributed by atoms with Crippen LogP contribution < -0.4 is 9.64 Å². The number of nitriles is 1. The van der Waals surface area contributed by atoms with Crippen molar-refractivity contribution in [2.45, 2.75) is 31.3 Å². The fourth-order valence-corrected chi connectivity index (χ4v) is 4.34. The number of amides is 1. The topological polar surface area (TPSA) is 119 Å². The molecule has 2 atom stereocenters. The van der Waals surface area contributed by atoms with E-state index in [4.69, 9.17) is 21.6 Å². The molecule has 11 heteroatoms. The van der Waals surface area contributed by atoms with E-state index in [2.05, 4.69) is 33.0 Å². The molecule has 2 saturated heterocycles. The van der Waals surface area contributed by atoms with Crippen molar-refractivity contribution in [1.82, 2.24) is 24.8 Å². The van der Waals surface area contributed by atoms with Gasteiger partial charge in [-0.15, -0.1) is 0 Å². The number of halogens is 1. The molecule has 2 aromatic heterocycles. The lowest BCUT2D eigenvalue weighted by Gasteiger charge is -2.39. The van der Waals surface area contributed by atoms with E-state index in [1.54, 1.807) is 6.07 Å². The molecule has 2 aliphatic rings. The van der Waals surface area contributed by atoms with Gasteiger partial charge in [-0.2, -0.15) is 15.2 Å². The lowest BCUT2D eigenvalue weighted by Crippen LogP contribution is -2.55. The molecular weight excluding hydrogens is 422 g/mol. The molecule has 0 aliphatic carbocycles. The van der Waals surface area contributed by atoms with Crippen LogP contribution in [0.5, 0.6) is 6.01 Å². The molecule has 0 aromatic carbocycles. The normalized spacial score (nSPS) is 22.0. The maximum Gasteiger partial charge on any atom is 0.407 e. The van der Waals surface area contributed by atoms with Gasteiger partial charge in [-0.05, 0) is 32.5 Å². The van der Waals surface area contributed by atoms with Gasteiger partial charge in [0.1, 0.15) is 12.1 Å². The zero-order valence-electron chi connectivity index (χ0n) is 17.2. The van der Waals surface area contributed by atoms with E-state index in [1.807, 2.05) is 4.90 Å². The summed E-state index contributed by atoms with van der Waals surface area (Å²) in [5, 5.41) is 19.1. The molecule has 0 bridgehead atoms. The van der Waals surface area contributed by atoms with Crippen LogP contribution in [0.4, 0.5) is 10.6 Å². The minimum Gasteiger partial charge on any atom is -0.465 e. The second kappa shape index (κ2) is 9.08. The number of nitrogens with zero attached hydrogens (tertiary/aromatic N) is 7. The Morgan fingerprint density at radius 1 is 1.35 bits per heavy atom. The third kappa shape index (κ3) is 4.57. The third-order valence-electron chi connectivity index (χ3n) is 5.89. The Bertz CT molecular complexity index is 1010. The highest BCUT2D eigenvalue weighted by Gasteiger charge is 2.32. The Balaban J connectivity index is 1.64. The summed E-state index contributed by atoms with van der Waals surface area (Å²) in [5.41, 5.74) is 1.12. The number of hydrogen-bond donors (Lipinski definition) is 1. The Kier molecular flexibility index (Phi) is 6.25. The lowest BCUT2D eigenvalue weighted by atomic mass is 10.1. The highest BCUT2D eigenvalue weighted by Crippen LogP contribution is 2.29. The Labute approximate surface area is 185 Å². The average molecular weight is 446 g/mol. The second-order valence-electron chi connectivity index (χ2n) is 7.88. The van der Waals surface area contributed by atoms with Crippen LogP contribution in [0.15, 0.2) is 12.3 Å². The van der Waals surface area contributed by atoms with Gasteiger partial charge < -0.3 is 24.5 Å². The van der Waals surface area contributed by atoms with E-state index >= 15 is 0 Å². The van der Waals surface area contributed by atoms with Crippen LogP contribution in [-0.4, -0.2) is 87.9 Å². The van der Waals surface area contributed by atoms with Gasteiger partial charge in [-0.25, -0.2) is 9.78 Å². The van der Waals surface area contributed by atoms with Crippen LogP contribution in [0.3, 0.4) is 0 Å². The zero-order valence-corrected chi connectivity index (χ0v) is 18.0. The molecule has 0 saturated carbocycles. The molecule has 0 radical (unpaired) electrons. The average Bonchev–Trinajstić information content (AvgIpc) is 3.16. The zero-order chi connectivity index (χ0) is 22.0. The second-order valence-corrected chi connectivity index (χ2v) is 8.31. The van der Waals surface area contributed by atoms with Crippen LogP contribution in [-0.2, 0) is 0 Å². The summed E-state index contributed by atoms with van der Waals surface area (Å²) in [5.74, 6) is 0.560. The SMILES string of the molecule is CN1CCCC1COc1nc(N2CCN(C(=O)O)C(CC#N)C2)c2ncc(Cl)cc2n1. The summed E-state index contributed by atoms with van der Waals surface area (Å²) in [4.78, 5) is 30.6. The van der Waals surface area contributed by atoms with E-state index in [0.29, 0.717) is 47.6 Å². The molecule has 4 rings (SSSR count). The monoisotopic (exact) mass is 445 g/mol. The summed E-state index contributed by atoms with van der Waals surface area (Å²) in [7, 11) is 2.08. The van der Waals surface area contributed by atoms with Gasteiger partial charge in [0, 0.05) is 31.9 Å². The predicted molar refractivity (Wildman–Crippen MR) is 114 cm³/mol. The largest absolute Gasteiger partial charge is 0.465 e. The number of likely N-dealkylation sites (tertiary alicyclic amines) is 1. The van der Waals surface area contributed by atoms with E-state index in [0.717, 1.165) is 19.4 Å². The molecule has 1 amide bonds. The quantitative estimate of drug-likeness (QED) is 0.738. The molecule has 4 heterocycles. The lowest BCUT2D eigenvalue weighted by molar-refractivity contribution is 0.119. The number of likely N-dealkylation sites (N-methyl/N-ethyl adjacent to an activating group) is 1. The van der Waals surface area contributed by atoms with E-state index in [-0.39, 0.29) is 19.0 Å². The number of hydrogen-bond acceptors (Lipinski definition) is 8. The molecule has 31 heavy (non-hydrogen) atoms. The van der Waals surface area contributed by atoms with Gasteiger partial charge >= 0.3 is 12.1 Å². The summed E-state index contributed by atoms with van der Waals surface area (Å²) >= 11 is 6.14. The summed E-state index contributed by atoms with van der Waals surface area (Å²) in [6, 6.07) is 3.90. The number of carboxylic acid groups (broad SMARTS) is 1. The van der Waals surface area contributed by atoms with Crippen molar-refractivity contribution >= 4 is 34.5 Å². The van der Waals surface area contributed by atoms with Gasteiger partial charge in [-0.1, -0.05) is 11.6 Å². The molecule has 164 valence electrons. The number of anilines is 1. The smallest absolute Gasteiger partial charge is 0.407 e. The fraction of sp³-hybridized carbons (Fsp3) is 0.550. The van der Waals surface area contributed by atoms with Crippen LogP contribution >= 0.6 is 11.6 Å². The Hall–Kier alpha value is -2.90. The summed E-state index contributed by atoms with van der Waals surface area (Å²) < 4.78 is 5.96. The molecule has 2 aliphatic heterocycles. The van der Waals surface area contributed by atoms with Crippen molar-refractivity contribution in [1.29, 1.82) is 5.26 Å². The van der Waals surface area contributed by atoms with E-state index < -0.39 is 12.1 Å².